The Hall–Kier alpha value is -5.73. The molecule has 258 valence electrons. The Labute approximate surface area is 320 Å². The highest BCUT2D eigenvalue weighted by molar-refractivity contribution is 7.05. The lowest BCUT2D eigenvalue weighted by Gasteiger charge is -2.43. The third-order valence-corrected chi connectivity index (χ3v) is 12.6. The molecule has 54 heavy (non-hydrogen) atoms. The van der Waals surface area contributed by atoms with Crippen LogP contribution in [0.4, 0.5) is 34.1 Å². The van der Waals surface area contributed by atoms with Crippen LogP contribution in [0.3, 0.4) is 0 Å². The molecule has 0 saturated carbocycles. The molecule has 4 heterocycles. The Morgan fingerprint density at radius 2 is 0.815 bits per heavy atom. The first-order chi connectivity index (χ1) is 26.1. The molecule has 2 nitrogen and oxygen atoms in total. The van der Waals surface area contributed by atoms with E-state index in [1.54, 1.807) is 0 Å². The number of hydrogen-bond acceptors (Lipinski definition) is 2. The van der Waals surface area contributed by atoms with Gasteiger partial charge < -0.3 is 9.80 Å². The van der Waals surface area contributed by atoms with Crippen LogP contribution in [0.5, 0.6) is 0 Å². The summed E-state index contributed by atoms with van der Waals surface area (Å²) in [5, 5.41) is 0. The Bertz CT molecular complexity index is 2510. The van der Waals surface area contributed by atoms with Crippen LogP contribution < -0.4 is 42.6 Å². The molecular weight excluding hydrogens is 650 g/mol. The lowest BCUT2D eigenvalue weighted by atomic mass is 9.32. The molecule has 11 rings (SSSR count). The van der Waals surface area contributed by atoms with Crippen LogP contribution >= 0.6 is 0 Å². The fourth-order valence-corrected chi connectivity index (χ4v) is 10.0. The lowest BCUT2D eigenvalue weighted by Crippen LogP contribution is -2.63. The van der Waals surface area contributed by atoms with Gasteiger partial charge in [0.25, 0.3) is 0 Å². The van der Waals surface area contributed by atoms with Gasteiger partial charge in [-0.25, -0.2) is 0 Å². The second-order valence-corrected chi connectivity index (χ2v) is 17.8. The van der Waals surface area contributed by atoms with Gasteiger partial charge in [0.1, 0.15) is 0 Å². The van der Waals surface area contributed by atoms with Crippen LogP contribution in [0.1, 0.15) is 52.7 Å². The van der Waals surface area contributed by atoms with Gasteiger partial charge in [0.15, 0.2) is 0 Å². The first kappa shape index (κ1) is 31.8. The molecule has 0 spiro atoms. The number of fused-ring (bicyclic) bond motifs is 10. The van der Waals surface area contributed by atoms with Gasteiger partial charge in [0.2, 0.25) is 13.4 Å². The minimum atomic E-state index is 0.0685. The molecule has 4 aliphatic heterocycles. The average Bonchev–Trinajstić information content (AvgIpc) is 3.69. The van der Waals surface area contributed by atoms with E-state index in [0.717, 1.165) is 0 Å². The summed E-state index contributed by atoms with van der Waals surface area (Å²) in [6.07, 6.45) is 0. The molecule has 7 aromatic carbocycles. The second-order valence-electron chi connectivity index (χ2n) is 17.8. The number of benzene rings is 7. The van der Waals surface area contributed by atoms with E-state index >= 15 is 0 Å². The average molecular weight is 693 g/mol. The van der Waals surface area contributed by atoms with E-state index in [2.05, 4.69) is 197 Å². The highest BCUT2D eigenvalue weighted by atomic mass is 15.2. The highest BCUT2D eigenvalue weighted by Crippen LogP contribution is 2.46. The van der Waals surface area contributed by atoms with Crippen molar-refractivity contribution >= 4 is 80.3 Å². The quantitative estimate of drug-likeness (QED) is 0.171. The summed E-state index contributed by atoms with van der Waals surface area (Å²) in [6.45, 7) is 14.1. The van der Waals surface area contributed by atoms with Crippen molar-refractivity contribution < 1.29 is 0 Å². The molecule has 0 unspecified atom stereocenters. The summed E-state index contributed by atoms with van der Waals surface area (Å²) in [5.41, 5.74) is 24.2. The fraction of sp³-hybridized carbons (Fsp3) is 0.160. The van der Waals surface area contributed by atoms with Crippen LogP contribution in [0, 0.1) is 0 Å². The maximum Gasteiger partial charge on any atom is 0.248 e. The van der Waals surface area contributed by atoms with Crippen LogP contribution in [-0.4, -0.2) is 13.4 Å². The third kappa shape index (κ3) is 4.31. The Balaban J connectivity index is 1.23. The summed E-state index contributed by atoms with van der Waals surface area (Å²) < 4.78 is 0. The summed E-state index contributed by atoms with van der Waals surface area (Å²) in [7, 11) is 0. The van der Waals surface area contributed by atoms with Crippen molar-refractivity contribution in [3.05, 3.63) is 157 Å². The molecule has 0 aliphatic carbocycles. The van der Waals surface area contributed by atoms with Gasteiger partial charge in [-0.05, 0) is 115 Å². The van der Waals surface area contributed by atoms with Crippen molar-refractivity contribution in [1.29, 1.82) is 0 Å². The molecule has 4 aliphatic rings. The molecule has 0 aromatic heterocycles. The smallest absolute Gasteiger partial charge is 0.248 e. The molecule has 0 N–H and O–H groups in total. The first-order valence-corrected chi connectivity index (χ1v) is 19.5. The van der Waals surface area contributed by atoms with Gasteiger partial charge in [-0.1, -0.05) is 150 Å². The molecule has 0 amide bonds. The number of nitrogens with zero attached hydrogens (tertiary/aromatic N) is 2. The van der Waals surface area contributed by atoms with E-state index in [-0.39, 0.29) is 24.3 Å². The maximum absolute atomic E-state index is 2.62. The fourth-order valence-electron chi connectivity index (χ4n) is 10.0. The topological polar surface area (TPSA) is 6.48 Å². The lowest BCUT2D eigenvalue weighted by molar-refractivity contribution is 0.590. The highest BCUT2D eigenvalue weighted by Gasteiger charge is 2.49. The van der Waals surface area contributed by atoms with Crippen LogP contribution in [0.2, 0.25) is 0 Å². The van der Waals surface area contributed by atoms with Gasteiger partial charge in [0.05, 0.1) is 0 Å². The first-order valence-electron chi connectivity index (χ1n) is 19.5. The van der Waals surface area contributed by atoms with Gasteiger partial charge in [0, 0.05) is 34.1 Å². The van der Waals surface area contributed by atoms with Crippen LogP contribution in [0.15, 0.2) is 146 Å². The SMILES string of the molecule is CC(C)(C)c1ccc(N(c2ccc(C(C)(C)C)cc2)c2cc3c4c(c2)B2c5ccccc5-c5cccc(c52)N4c2cccc4c2B3c2ccccc2-4)cc1. The van der Waals surface area contributed by atoms with E-state index in [1.165, 1.54) is 100 Å². The van der Waals surface area contributed by atoms with Gasteiger partial charge in [-0.2, -0.15) is 0 Å². The second kappa shape index (κ2) is 10.9. The Morgan fingerprint density at radius 3 is 1.24 bits per heavy atom. The molecule has 0 fully saturated rings. The van der Waals surface area contributed by atoms with E-state index < -0.39 is 0 Å². The Kier molecular flexibility index (Phi) is 6.42. The zero-order chi connectivity index (χ0) is 36.7. The van der Waals surface area contributed by atoms with Gasteiger partial charge in [-0.15, -0.1) is 0 Å². The Morgan fingerprint density at radius 1 is 0.407 bits per heavy atom. The maximum atomic E-state index is 2.62. The molecule has 0 saturated heterocycles. The third-order valence-electron chi connectivity index (χ3n) is 12.6. The van der Waals surface area contributed by atoms with Gasteiger partial charge in [-0.3, -0.25) is 0 Å². The standard InChI is InChI=1S/C50H42B2N2/c1-49(2,3)31-21-25-33(26-22-31)53(34-27-23-32(24-28-34)50(4,5)6)35-29-42-48-43(30-35)52-41-18-10-8-14-37(41)39-16-12-20-45(47(39)52)54(48)44-19-11-15-38-36-13-7-9-17-40(36)51(42)46(38)44/h7-30H,1-6H3. The van der Waals surface area contributed by atoms with E-state index in [0.29, 0.717) is 0 Å². The normalized spacial score (nSPS) is 14.0. The summed E-state index contributed by atoms with van der Waals surface area (Å²) in [5.74, 6) is 0. The largest absolute Gasteiger partial charge is 0.312 e. The molecule has 0 bridgehead atoms. The number of hydrogen-bond donors (Lipinski definition) is 0. The van der Waals surface area contributed by atoms with Crippen LogP contribution in [-0.2, 0) is 10.8 Å². The molecular formula is C50H42B2N2. The van der Waals surface area contributed by atoms with E-state index in [9.17, 15) is 0 Å². The van der Waals surface area contributed by atoms with Crippen molar-refractivity contribution in [2.45, 2.75) is 52.4 Å². The minimum Gasteiger partial charge on any atom is -0.312 e. The summed E-state index contributed by atoms with van der Waals surface area (Å²) in [4.78, 5) is 5.13. The molecule has 0 radical (unpaired) electrons. The van der Waals surface area contributed by atoms with Crippen molar-refractivity contribution in [1.82, 2.24) is 0 Å². The van der Waals surface area contributed by atoms with Crippen molar-refractivity contribution in [3.63, 3.8) is 0 Å². The van der Waals surface area contributed by atoms with Crippen molar-refractivity contribution in [2.24, 2.45) is 0 Å². The molecule has 7 aromatic rings. The van der Waals surface area contributed by atoms with Crippen molar-refractivity contribution in [3.8, 4) is 22.3 Å². The van der Waals surface area contributed by atoms with E-state index in [4.69, 9.17) is 0 Å². The predicted octanol–water partition coefficient (Wildman–Crippen LogP) is 8.84. The van der Waals surface area contributed by atoms with Crippen molar-refractivity contribution in [2.75, 3.05) is 9.80 Å². The molecule has 0 atom stereocenters. The summed E-state index contributed by atoms with van der Waals surface area (Å²) >= 11 is 0. The monoisotopic (exact) mass is 692 g/mol. The zero-order valence-electron chi connectivity index (χ0n) is 31.9. The number of anilines is 6. The van der Waals surface area contributed by atoms with Crippen LogP contribution in [0.25, 0.3) is 22.3 Å². The van der Waals surface area contributed by atoms with E-state index in [1.807, 2.05) is 0 Å². The summed E-state index contributed by atoms with van der Waals surface area (Å²) in [6, 6.07) is 55.8. The zero-order valence-corrected chi connectivity index (χ0v) is 31.9. The molecule has 4 heteroatoms. The van der Waals surface area contributed by atoms with Gasteiger partial charge >= 0.3 is 0 Å². The minimum absolute atomic E-state index is 0.0685. The number of rotatable bonds is 3. The predicted molar refractivity (Wildman–Crippen MR) is 233 cm³/mol.